The Morgan fingerprint density at radius 3 is 1.71 bits per heavy atom. The molecule has 2 atom stereocenters. The van der Waals surface area contributed by atoms with Gasteiger partial charge in [-0.1, -0.05) is 26.0 Å². The number of esters is 2. The van der Waals surface area contributed by atoms with Gasteiger partial charge in [0.2, 0.25) is 0 Å². The molecule has 0 saturated heterocycles. The summed E-state index contributed by atoms with van der Waals surface area (Å²) in [5, 5.41) is 0. The zero-order chi connectivity index (χ0) is 18.9. The van der Waals surface area contributed by atoms with Crippen LogP contribution in [0.4, 0.5) is 0 Å². The predicted molar refractivity (Wildman–Crippen MR) is 95.2 cm³/mol. The minimum absolute atomic E-state index is 0.291. The zero-order valence-corrected chi connectivity index (χ0v) is 15.4. The summed E-state index contributed by atoms with van der Waals surface area (Å²) in [6.07, 6.45) is 1.81. The molecule has 0 fully saturated rings. The van der Waals surface area contributed by atoms with Gasteiger partial charge in [0.25, 0.3) is 0 Å². The molecule has 0 amide bonds. The lowest BCUT2D eigenvalue weighted by atomic mass is 9.83. The highest BCUT2D eigenvalue weighted by Crippen LogP contribution is 2.26. The van der Waals surface area contributed by atoms with E-state index in [4.69, 9.17) is 20.9 Å². The van der Waals surface area contributed by atoms with Crippen molar-refractivity contribution >= 4 is 11.9 Å². The second kappa shape index (κ2) is 10.3. The molecule has 0 bridgehead atoms. The molecule has 0 aromatic rings. The van der Waals surface area contributed by atoms with Crippen LogP contribution in [0.1, 0.15) is 53.4 Å². The lowest BCUT2D eigenvalue weighted by molar-refractivity contribution is -0.157. The van der Waals surface area contributed by atoms with Crippen LogP contribution in [-0.4, -0.2) is 36.2 Å². The molecule has 0 spiro atoms. The molecule has 6 heteroatoms. The maximum absolute atomic E-state index is 11.8. The van der Waals surface area contributed by atoms with Gasteiger partial charge in [-0.05, 0) is 47.1 Å². The predicted octanol–water partition coefficient (Wildman–Crippen LogP) is 2.22. The third-order valence-electron chi connectivity index (χ3n) is 4.09. The van der Waals surface area contributed by atoms with Crippen LogP contribution < -0.4 is 11.5 Å². The van der Waals surface area contributed by atoms with E-state index < -0.39 is 29.7 Å². The van der Waals surface area contributed by atoms with E-state index in [-0.39, 0.29) is 0 Å². The average Bonchev–Trinajstić information content (AvgIpc) is 2.50. The van der Waals surface area contributed by atoms with E-state index in [0.29, 0.717) is 24.1 Å². The van der Waals surface area contributed by atoms with Crippen LogP contribution in [-0.2, 0) is 19.1 Å². The van der Waals surface area contributed by atoms with Gasteiger partial charge in [0.15, 0.2) is 0 Å². The van der Waals surface area contributed by atoms with E-state index >= 15 is 0 Å². The number of hydrogen-bond donors (Lipinski definition) is 2. The molecule has 0 aliphatic heterocycles. The van der Waals surface area contributed by atoms with Crippen molar-refractivity contribution in [3.8, 4) is 0 Å². The number of rotatable bonds is 11. The SMILES string of the molecule is C=C(C)C(=O)OC(C)C(N)(CCCCCN)C(C)OC(=O)C(=C)C. The average molecular weight is 340 g/mol. The fourth-order valence-corrected chi connectivity index (χ4v) is 2.23. The minimum atomic E-state index is -1.01. The number of nitrogens with two attached hydrogens (primary N) is 2. The molecule has 0 aromatic carbocycles. The van der Waals surface area contributed by atoms with E-state index in [1.165, 1.54) is 0 Å². The lowest BCUT2D eigenvalue weighted by Crippen LogP contribution is -2.60. The Morgan fingerprint density at radius 2 is 1.38 bits per heavy atom. The normalized spacial score (nSPS) is 15.8. The summed E-state index contributed by atoms with van der Waals surface area (Å²) < 4.78 is 10.8. The molecule has 0 radical (unpaired) electrons. The summed E-state index contributed by atoms with van der Waals surface area (Å²) in [6, 6.07) is 0. The standard InChI is InChI=1S/C18H32N2O4/c1-12(2)16(21)23-14(5)18(20,10-8-7-9-11-19)15(6)24-17(22)13(3)4/h14-15H,1,3,7-11,19-20H2,2,4-6H3. The topological polar surface area (TPSA) is 105 Å². The van der Waals surface area contributed by atoms with E-state index in [9.17, 15) is 9.59 Å². The first-order valence-corrected chi connectivity index (χ1v) is 8.28. The summed E-state index contributed by atoms with van der Waals surface area (Å²) >= 11 is 0. The van der Waals surface area contributed by atoms with Crippen molar-refractivity contribution in [2.24, 2.45) is 11.5 Å². The van der Waals surface area contributed by atoms with Crippen LogP contribution in [0.5, 0.6) is 0 Å². The van der Waals surface area contributed by atoms with Crippen molar-refractivity contribution < 1.29 is 19.1 Å². The summed E-state index contributed by atoms with van der Waals surface area (Å²) in [6.45, 7) is 14.3. The van der Waals surface area contributed by atoms with Gasteiger partial charge in [0.05, 0.1) is 5.54 Å². The highest BCUT2D eigenvalue weighted by atomic mass is 16.6. The molecule has 0 rings (SSSR count). The first-order chi connectivity index (χ1) is 11.1. The van der Waals surface area contributed by atoms with Crippen LogP contribution in [0, 0.1) is 0 Å². The maximum atomic E-state index is 11.8. The van der Waals surface area contributed by atoms with Gasteiger partial charge in [-0.2, -0.15) is 0 Å². The van der Waals surface area contributed by atoms with Crippen LogP contribution in [0.2, 0.25) is 0 Å². The van der Waals surface area contributed by atoms with Crippen molar-refractivity contribution in [1.82, 2.24) is 0 Å². The molecular weight excluding hydrogens is 308 g/mol. The number of unbranched alkanes of at least 4 members (excludes halogenated alkanes) is 2. The van der Waals surface area contributed by atoms with Gasteiger partial charge in [-0.15, -0.1) is 0 Å². The lowest BCUT2D eigenvalue weighted by Gasteiger charge is -2.39. The van der Waals surface area contributed by atoms with Crippen LogP contribution in [0.15, 0.2) is 24.3 Å². The van der Waals surface area contributed by atoms with Crippen LogP contribution in [0.25, 0.3) is 0 Å². The summed E-state index contributed by atoms with van der Waals surface area (Å²) in [5.74, 6) is -1.03. The second-order valence-corrected chi connectivity index (χ2v) is 6.37. The largest absolute Gasteiger partial charge is 0.457 e. The number of ether oxygens (including phenoxy) is 2. The fraction of sp³-hybridized carbons (Fsp3) is 0.667. The first kappa shape index (κ1) is 22.3. The van der Waals surface area contributed by atoms with Crippen LogP contribution in [0.3, 0.4) is 0 Å². The van der Waals surface area contributed by atoms with Gasteiger partial charge in [0, 0.05) is 11.1 Å². The van der Waals surface area contributed by atoms with Crippen molar-refractivity contribution in [2.75, 3.05) is 6.54 Å². The molecule has 0 aliphatic rings. The van der Waals surface area contributed by atoms with E-state index in [1.54, 1.807) is 27.7 Å². The Hall–Kier alpha value is -1.66. The van der Waals surface area contributed by atoms with E-state index in [1.807, 2.05) is 0 Å². The number of carbonyl (C=O) groups excluding carboxylic acids is 2. The Bertz CT molecular complexity index is 440. The number of carbonyl (C=O) groups is 2. The molecule has 0 heterocycles. The first-order valence-electron chi connectivity index (χ1n) is 8.28. The minimum Gasteiger partial charge on any atom is -0.457 e. The molecule has 0 aromatic heterocycles. The number of hydrogen-bond acceptors (Lipinski definition) is 6. The quantitative estimate of drug-likeness (QED) is 0.339. The van der Waals surface area contributed by atoms with E-state index in [0.717, 1.165) is 19.3 Å². The third-order valence-corrected chi connectivity index (χ3v) is 4.09. The van der Waals surface area contributed by atoms with Gasteiger partial charge in [-0.25, -0.2) is 9.59 Å². The zero-order valence-electron chi connectivity index (χ0n) is 15.4. The molecule has 6 nitrogen and oxygen atoms in total. The Kier molecular flexibility index (Phi) is 9.55. The summed E-state index contributed by atoms with van der Waals surface area (Å²) in [7, 11) is 0. The molecule has 24 heavy (non-hydrogen) atoms. The molecule has 0 saturated carbocycles. The van der Waals surface area contributed by atoms with Gasteiger partial charge in [-0.3, -0.25) is 0 Å². The summed E-state index contributed by atoms with van der Waals surface area (Å²) in [5.41, 5.74) is 11.6. The highest BCUT2D eigenvalue weighted by Gasteiger charge is 2.42. The van der Waals surface area contributed by atoms with Gasteiger partial charge >= 0.3 is 11.9 Å². The molecule has 2 unspecified atom stereocenters. The van der Waals surface area contributed by atoms with Gasteiger partial charge < -0.3 is 20.9 Å². The van der Waals surface area contributed by atoms with E-state index in [2.05, 4.69) is 13.2 Å². The maximum Gasteiger partial charge on any atom is 0.333 e. The Labute approximate surface area is 145 Å². The molecular formula is C18H32N2O4. The molecule has 138 valence electrons. The molecule has 0 aliphatic carbocycles. The Balaban J connectivity index is 5.17. The smallest absolute Gasteiger partial charge is 0.333 e. The third kappa shape index (κ3) is 6.84. The highest BCUT2D eigenvalue weighted by molar-refractivity contribution is 5.87. The van der Waals surface area contributed by atoms with Crippen molar-refractivity contribution in [1.29, 1.82) is 0 Å². The van der Waals surface area contributed by atoms with Crippen molar-refractivity contribution in [2.45, 2.75) is 71.1 Å². The summed E-state index contributed by atoms with van der Waals surface area (Å²) in [4.78, 5) is 23.6. The second-order valence-electron chi connectivity index (χ2n) is 6.37. The molecule has 4 N–H and O–H groups in total. The van der Waals surface area contributed by atoms with Crippen LogP contribution >= 0.6 is 0 Å². The van der Waals surface area contributed by atoms with Crippen molar-refractivity contribution in [3.05, 3.63) is 24.3 Å². The fourth-order valence-electron chi connectivity index (χ4n) is 2.23. The Morgan fingerprint density at radius 1 is 0.958 bits per heavy atom. The van der Waals surface area contributed by atoms with Crippen molar-refractivity contribution in [3.63, 3.8) is 0 Å². The monoisotopic (exact) mass is 340 g/mol. The van der Waals surface area contributed by atoms with Gasteiger partial charge in [0.1, 0.15) is 12.2 Å².